The molecular weight excluding hydrogens is 400 g/mol. The maximum atomic E-state index is 12.8. The Labute approximate surface area is 157 Å². The Kier molecular flexibility index (Phi) is 4.23. The lowest BCUT2D eigenvalue weighted by Crippen LogP contribution is -2.34. The smallest absolute Gasteiger partial charge is 0.295 e. The number of benzene rings is 3. The number of anilines is 2. The number of thioether (sulfide) groups is 1. The van der Waals surface area contributed by atoms with Crippen molar-refractivity contribution in [2.75, 3.05) is 10.2 Å². The molecule has 2 amide bonds. The largest absolute Gasteiger partial charge is 0.365 e. The van der Waals surface area contributed by atoms with E-state index in [1.807, 2.05) is 54.6 Å². The van der Waals surface area contributed by atoms with Crippen LogP contribution in [0.5, 0.6) is 0 Å². The normalized spacial score (nSPS) is 17.3. The van der Waals surface area contributed by atoms with Crippen LogP contribution in [-0.2, 0) is 4.79 Å². The van der Waals surface area contributed by atoms with E-state index in [1.165, 1.54) is 4.90 Å². The number of imide groups is 1. The molecular formula is C19H13BrN2O2S. The van der Waals surface area contributed by atoms with Gasteiger partial charge in [-0.15, -0.1) is 0 Å². The van der Waals surface area contributed by atoms with Gasteiger partial charge in [-0.25, -0.2) is 4.90 Å². The SMILES string of the molecule is O=C1SC(Nc2cccc3ccccc23)C(=O)N1c1ccc(Br)cc1. The highest BCUT2D eigenvalue weighted by Crippen LogP contribution is 2.34. The quantitative estimate of drug-likeness (QED) is 0.638. The molecule has 1 atom stereocenters. The summed E-state index contributed by atoms with van der Waals surface area (Å²) in [6, 6.07) is 20.9. The van der Waals surface area contributed by atoms with Gasteiger partial charge >= 0.3 is 0 Å². The van der Waals surface area contributed by atoms with E-state index in [2.05, 4.69) is 21.2 Å². The van der Waals surface area contributed by atoms with E-state index in [9.17, 15) is 9.59 Å². The fraction of sp³-hybridized carbons (Fsp3) is 0.0526. The van der Waals surface area contributed by atoms with Gasteiger partial charge in [-0.2, -0.15) is 0 Å². The van der Waals surface area contributed by atoms with Crippen molar-refractivity contribution in [1.29, 1.82) is 0 Å². The minimum atomic E-state index is -0.637. The van der Waals surface area contributed by atoms with Gasteiger partial charge in [0.2, 0.25) is 0 Å². The lowest BCUT2D eigenvalue weighted by atomic mass is 10.1. The third-order valence-electron chi connectivity index (χ3n) is 4.01. The van der Waals surface area contributed by atoms with Crippen molar-refractivity contribution in [3.05, 3.63) is 71.2 Å². The Bertz CT molecular complexity index is 969. The Balaban J connectivity index is 1.63. The minimum absolute atomic E-state index is 0.259. The summed E-state index contributed by atoms with van der Waals surface area (Å²) in [5.74, 6) is -0.259. The molecule has 6 heteroatoms. The van der Waals surface area contributed by atoms with Crippen LogP contribution < -0.4 is 10.2 Å². The third kappa shape index (κ3) is 3.03. The summed E-state index contributed by atoms with van der Waals surface area (Å²) in [7, 11) is 0. The first-order valence-corrected chi connectivity index (χ1v) is 9.35. The number of hydrogen-bond acceptors (Lipinski definition) is 4. The fourth-order valence-corrected chi connectivity index (χ4v) is 3.98. The van der Waals surface area contributed by atoms with Crippen LogP contribution in [0, 0.1) is 0 Å². The number of halogens is 1. The molecule has 0 aromatic heterocycles. The predicted molar refractivity (Wildman–Crippen MR) is 106 cm³/mol. The summed E-state index contributed by atoms with van der Waals surface area (Å²) < 4.78 is 0.897. The molecule has 1 fully saturated rings. The number of nitrogens with one attached hydrogen (secondary N) is 1. The van der Waals surface area contributed by atoms with Crippen molar-refractivity contribution in [2.24, 2.45) is 0 Å². The Morgan fingerprint density at radius 2 is 1.64 bits per heavy atom. The molecule has 4 nitrogen and oxygen atoms in total. The zero-order valence-corrected chi connectivity index (χ0v) is 15.4. The molecule has 0 aliphatic carbocycles. The number of amides is 2. The Morgan fingerprint density at radius 1 is 0.920 bits per heavy atom. The van der Waals surface area contributed by atoms with Crippen LogP contribution in [0.15, 0.2) is 71.2 Å². The third-order valence-corrected chi connectivity index (χ3v) is 5.48. The lowest BCUT2D eigenvalue weighted by Gasteiger charge is -2.16. The summed E-state index contributed by atoms with van der Waals surface area (Å²) in [6.45, 7) is 0. The van der Waals surface area contributed by atoms with Gasteiger partial charge < -0.3 is 5.32 Å². The van der Waals surface area contributed by atoms with Crippen LogP contribution in [0.1, 0.15) is 0 Å². The first kappa shape index (κ1) is 16.2. The molecule has 1 heterocycles. The van der Waals surface area contributed by atoms with Crippen molar-refractivity contribution in [3.63, 3.8) is 0 Å². The van der Waals surface area contributed by atoms with E-state index < -0.39 is 5.37 Å². The standard InChI is InChI=1S/C19H13BrN2O2S/c20-13-8-10-14(11-9-13)22-18(23)17(25-19(22)24)21-16-7-3-5-12-4-1-2-6-15(12)16/h1-11,17,21H. The van der Waals surface area contributed by atoms with Crippen LogP contribution in [0.25, 0.3) is 10.8 Å². The molecule has 4 rings (SSSR count). The predicted octanol–water partition coefficient (Wildman–Crippen LogP) is 5.24. The second-order valence-corrected chi connectivity index (χ2v) is 7.56. The van der Waals surface area contributed by atoms with Crippen LogP contribution >= 0.6 is 27.7 Å². The highest BCUT2D eigenvalue weighted by Gasteiger charge is 2.40. The maximum absolute atomic E-state index is 12.8. The van der Waals surface area contributed by atoms with Gasteiger partial charge in [-0.1, -0.05) is 52.3 Å². The van der Waals surface area contributed by atoms with Gasteiger partial charge in [0.15, 0.2) is 5.37 Å². The topological polar surface area (TPSA) is 49.4 Å². The van der Waals surface area contributed by atoms with Gasteiger partial charge in [0, 0.05) is 15.5 Å². The lowest BCUT2D eigenvalue weighted by molar-refractivity contribution is -0.116. The summed E-state index contributed by atoms with van der Waals surface area (Å²) in [5.41, 5.74) is 1.42. The molecule has 1 N–H and O–H groups in total. The number of rotatable bonds is 3. The van der Waals surface area contributed by atoms with E-state index in [0.29, 0.717) is 5.69 Å². The van der Waals surface area contributed by atoms with Crippen molar-refractivity contribution in [2.45, 2.75) is 5.37 Å². The molecule has 1 unspecified atom stereocenters. The number of carbonyl (C=O) groups excluding carboxylic acids is 2. The molecule has 0 radical (unpaired) electrons. The minimum Gasteiger partial charge on any atom is -0.365 e. The molecule has 1 aliphatic heterocycles. The summed E-state index contributed by atoms with van der Waals surface area (Å²) in [5, 5.41) is 4.41. The van der Waals surface area contributed by atoms with Crippen LogP contribution in [0.4, 0.5) is 16.2 Å². The van der Waals surface area contributed by atoms with Gasteiger partial charge in [-0.3, -0.25) is 9.59 Å². The molecule has 0 saturated carbocycles. The highest BCUT2D eigenvalue weighted by molar-refractivity contribution is 9.10. The Morgan fingerprint density at radius 3 is 2.44 bits per heavy atom. The van der Waals surface area contributed by atoms with E-state index in [-0.39, 0.29) is 11.1 Å². The number of fused-ring (bicyclic) bond motifs is 1. The van der Waals surface area contributed by atoms with Gasteiger partial charge in [0.25, 0.3) is 11.1 Å². The van der Waals surface area contributed by atoms with Crippen molar-refractivity contribution in [1.82, 2.24) is 0 Å². The van der Waals surface area contributed by atoms with Crippen molar-refractivity contribution < 1.29 is 9.59 Å². The summed E-state index contributed by atoms with van der Waals surface area (Å²) in [6.07, 6.45) is 0. The zero-order chi connectivity index (χ0) is 17.4. The molecule has 1 saturated heterocycles. The van der Waals surface area contributed by atoms with E-state index >= 15 is 0 Å². The second-order valence-electron chi connectivity index (χ2n) is 5.58. The fourth-order valence-electron chi connectivity index (χ4n) is 2.82. The number of nitrogens with zero attached hydrogens (tertiary/aromatic N) is 1. The monoisotopic (exact) mass is 412 g/mol. The van der Waals surface area contributed by atoms with E-state index in [0.717, 1.165) is 32.7 Å². The molecule has 3 aromatic rings. The van der Waals surface area contributed by atoms with E-state index in [4.69, 9.17) is 0 Å². The van der Waals surface area contributed by atoms with Crippen LogP contribution in [0.3, 0.4) is 0 Å². The first-order chi connectivity index (χ1) is 12.1. The summed E-state index contributed by atoms with van der Waals surface area (Å²) in [4.78, 5) is 26.3. The van der Waals surface area contributed by atoms with Crippen molar-refractivity contribution >= 4 is 61.0 Å². The summed E-state index contributed by atoms with van der Waals surface area (Å²) >= 11 is 4.36. The maximum Gasteiger partial charge on any atom is 0.295 e. The van der Waals surface area contributed by atoms with Crippen molar-refractivity contribution in [3.8, 4) is 0 Å². The van der Waals surface area contributed by atoms with Gasteiger partial charge in [0.05, 0.1) is 5.69 Å². The molecule has 0 spiro atoms. The van der Waals surface area contributed by atoms with Crippen LogP contribution in [0.2, 0.25) is 0 Å². The molecule has 1 aliphatic rings. The first-order valence-electron chi connectivity index (χ1n) is 7.68. The average molecular weight is 413 g/mol. The Hall–Kier alpha value is -2.31. The van der Waals surface area contributed by atoms with Gasteiger partial charge in [0.1, 0.15) is 0 Å². The zero-order valence-electron chi connectivity index (χ0n) is 13.0. The molecule has 124 valence electrons. The second kappa shape index (κ2) is 6.54. The highest BCUT2D eigenvalue weighted by atomic mass is 79.9. The number of hydrogen-bond donors (Lipinski definition) is 1. The molecule has 3 aromatic carbocycles. The molecule has 0 bridgehead atoms. The number of carbonyl (C=O) groups is 2. The molecule has 25 heavy (non-hydrogen) atoms. The van der Waals surface area contributed by atoms with Gasteiger partial charge in [-0.05, 0) is 47.5 Å². The van der Waals surface area contributed by atoms with E-state index in [1.54, 1.807) is 12.1 Å². The van der Waals surface area contributed by atoms with Crippen LogP contribution in [-0.4, -0.2) is 16.5 Å². The average Bonchev–Trinajstić information content (AvgIpc) is 2.90.